The van der Waals surface area contributed by atoms with Crippen LogP contribution in [0.15, 0.2) is 133 Å². The van der Waals surface area contributed by atoms with E-state index in [0.29, 0.717) is 0 Å². The zero-order valence-electron chi connectivity index (χ0n) is 27.3. The van der Waals surface area contributed by atoms with Crippen molar-refractivity contribution in [3.05, 3.63) is 149 Å². The van der Waals surface area contributed by atoms with Crippen LogP contribution in [0, 0.1) is 6.92 Å². The first-order chi connectivity index (χ1) is 22.7. The highest BCUT2D eigenvalue weighted by molar-refractivity contribution is 6.09. The molecule has 1 nitrogen and oxygen atoms in total. The van der Waals surface area contributed by atoms with Gasteiger partial charge in [-0.15, -0.1) is 0 Å². The molecule has 0 amide bonds. The molecule has 1 heteroatoms. The number of aromatic nitrogens is 1. The molecule has 46 heavy (non-hydrogen) atoms. The predicted molar refractivity (Wildman–Crippen MR) is 202 cm³/mol. The van der Waals surface area contributed by atoms with Gasteiger partial charge in [0.2, 0.25) is 0 Å². The number of para-hydroxylation sites is 2. The number of hydrogen-bond donors (Lipinski definition) is 0. The van der Waals surface area contributed by atoms with E-state index in [4.69, 9.17) is 0 Å². The van der Waals surface area contributed by atoms with Gasteiger partial charge in [-0.05, 0) is 105 Å². The Balaban J connectivity index is 0.00000166. The lowest BCUT2D eigenvalue weighted by Crippen LogP contribution is -2.29. The second kappa shape index (κ2) is 12.2. The minimum atomic E-state index is 1.17. The Labute approximate surface area is 271 Å². The Morgan fingerprint density at radius 2 is 0.913 bits per heavy atom. The monoisotopic (exact) mass is 593 g/mol. The maximum atomic E-state index is 2.38. The van der Waals surface area contributed by atoms with Crippen molar-refractivity contribution in [2.75, 3.05) is 0 Å². The van der Waals surface area contributed by atoms with Crippen molar-refractivity contribution in [3.8, 4) is 27.9 Å². The number of fused-ring (bicyclic) bond motifs is 5. The normalized spacial score (nSPS) is 12.3. The minimum absolute atomic E-state index is 1.17. The second-order valence-electron chi connectivity index (χ2n) is 11.7. The molecule has 0 radical (unpaired) electrons. The average Bonchev–Trinajstić information content (AvgIpc) is 3.45. The van der Waals surface area contributed by atoms with Gasteiger partial charge < -0.3 is 4.57 Å². The van der Waals surface area contributed by atoms with Crippen molar-refractivity contribution in [2.24, 2.45) is 0 Å². The molecule has 8 aromatic rings. The first kappa shape index (κ1) is 29.3. The highest BCUT2D eigenvalue weighted by atomic mass is 15.0. The summed E-state index contributed by atoms with van der Waals surface area (Å²) in [7, 11) is 0. The first-order valence-electron chi connectivity index (χ1n) is 16.4. The van der Waals surface area contributed by atoms with E-state index in [2.05, 4.69) is 171 Å². The molecule has 0 spiro atoms. The summed E-state index contributed by atoms with van der Waals surface area (Å²) in [6, 6.07) is 49.0. The van der Waals surface area contributed by atoms with Gasteiger partial charge in [0.25, 0.3) is 0 Å². The average molecular weight is 594 g/mol. The Bertz CT molecular complexity index is 2460. The molecule has 8 rings (SSSR count). The highest BCUT2D eigenvalue weighted by Crippen LogP contribution is 2.35. The Kier molecular flexibility index (Phi) is 7.76. The standard InChI is InChI=1S/C43H33N.C2H6/c1-4-34-35(5-2)43(32-21-20-30-26-28(3)18-19-31(30)27-32)39-15-7-6-14-38(39)42(34)29-22-24-33(25-23-29)44-40-16-10-8-12-36(40)37-13-9-11-17-41(37)44;1-2/h4-27H,1-3H3;1-2H3/b34-4+,35-5+;. The molecule has 0 saturated heterocycles. The summed E-state index contributed by atoms with van der Waals surface area (Å²) in [6.45, 7) is 10.5. The summed E-state index contributed by atoms with van der Waals surface area (Å²) < 4.78 is 2.38. The first-order valence-corrected chi connectivity index (χ1v) is 16.4. The molecule has 0 aliphatic rings. The van der Waals surface area contributed by atoms with Gasteiger partial charge in [-0.25, -0.2) is 0 Å². The van der Waals surface area contributed by atoms with E-state index in [9.17, 15) is 0 Å². The van der Waals surface area contributed by atoms with Gasteiger partial charge >= 0.3 is 0 Å². The lowest BCUT2D eigenvalue weighted by atomic mass is 9.87. The highest BCUT2D eigenvalue weighted by Gasteiger charge is 2.16. The predicted octanol–water partition coefficient (Wildman–Crippen LogP) is 11.4. The summed E-state index contributed by atoms with van der Waals surface area (Å²) in [6.07, 6.45) is 4.57. The third-order valence-corrected chi connectivity index (χ3v) is 9.15. The van der Waals surface area contributed by atoms with Crippen molar-refractivity contribution in [3.63, 3.8) is 0 Å². The number of rotatable bonds is 3. The van der Waals surface area contributed by atoms with Gasteiger partial charge in [-0.1, -0.05) is 135 Å². The number of hydrogen-bond acceptors (Lipinski definition) is 0. The van der Waals surface area contributed by atoms with Crippen molar-refractivity contribution in [1.29, 1.82) is 0 Å². The van der Waals surface area contributed by atoms with Gasteiger partial charge in [-0.2, -0.15) is 0 Å². The lowest BCUT2D eigenvalue weighted by molar-refractivity contribution is 1.18. The molecule has 0 atom stereocenters. The zero-order chi connectivity index (χ0) is 31.8. The Hall–Kier alpha value is -5.40. The summed E-state index contributed by atoms with van der Waals surface area (Å²) in [5, 5.41) is 10.2. The minimum Gasteiger partial charge on any atom is -0.309 e. The van der Waals surface area contributed by atoms with Crippen LogP contribution >= 0.6 is 0 Å². The van der Waals surface area contributed by atoms with E-state index in [1.807, 2.05) is 13.8 Å². The molecule has 1 aromatic heterocycles. The van der Waals surface area contributed by atoms with Crippen LogP contribution in [0.5, 0.6) is 0 Å². The molecule has 1 heterocycles. The molecule has 0 fully saturated rings. The Morgan fingerprint density at radius 1 is 0.457 bits per heavy atom. The fourth-order valence-corrected chi connectivity index (χ4v) is 7.20. The van der Waals surface area contributed by atoms with E-state index < -0.39 is 0 Å². The third-order valence-electron chi connectivity index (χ3n) is 9.15. The van der Waals surface area contributed by atoms with Crippen LogP contribution < -0.4 is 10.4 Å². The van der Waals surface area contributed by atoms with Crippen molar-refractivity contribution in [2.45, 2.75) is 34.6 Å². The molecule has 0 unspecified atom stereocenters. The van der Waals surface area contributed by atoms with E-state index in [1.54, 1.807) is 0 Å². The van der Waals surface area contributed by atoms with E-state index in [0.717, 1.165) is 0 Å². The lowest BCUT2D eigenvalue weighted by Gasteiger charge is -2.17. The summed E-state index contributed by atoms with van der Waals surface area (Å²) in [5.74, 6) is 0. The zero-order valence-corrected chi connectivity index (χ0v) is 27.3. The fourth-order valence-electron chi connectivity index (χ4n) is 7.20. The third kappa shape index (κ3) is 4.71. The van der Waals surface area contributed by atoms with Crippen LogP contribution in [0.25, 0.3) is 83.4 Å². The molecule has 7 aromatic carbocycles. The number of benzene rings is 7. The molecule has 224 valence electrons. The number of nitrogens with zero attached hydrogens (tertiary/aromatic N) is 1. The summed E-state index contributed by atoms with van der Waals surface area (Å²) in [4.78, 5) is 0. The van der Waals surface area contributed by atoms with Gasteiger partial charge in [0, 0.05) is 16.5 Å². The van der Waals surface area contributed by atoms with Gasteiger partial charge in [0.15, 0.2) is 0 Å². The van der Waals surface area contributed by atoms with Crippen LogP contribution in [0.2, 0.25) is 0 Å². The topological polar surface area (TPSA) is 4.93 Å². The van der Waals surface area contributed by atoms with Crippen LogP contribution in [0.4, 0.5) is 0 Å². The summed E-state index contributed by atoms with van der Waals surface area (Å²) >= 11 is 0. The second-order valence-corrected chi connectivity index (χ2v) is 11.7. The van der Waals surface area contributed by atoms with E-state index >= 15 is 0 Å². The van der Waals surface area contributed by atoms with Crippen LogP contribution in [-0.2, 0) is 0 Å². The van der Waals surface area contributed by atoms with Crippen molar-refractivity contribution >= 4 is 55.5 Å². The molecule has 0 saturated carbocycles. The quantitative estimate of drug-likeness (QED) is 0.192. The Morgan fingerprint density at radius 3 is 1.48 bits per heavy atom. The molecule has 0 aliphatic heterocycles. The smallest absolute Gasteiger partial charge is 0.0541 e. The van der Waals surface area contributed by atoms with Gasteiger partial charge in [0.05, 0.1) is 11.0 Å². The summed E-state index contributed by atoms with van der Waals surface area (Å²) in [5.41, 5.74) is 9.97. The molecular formula is C45H39N. The fraction of sp³-hybridized carbons (Fsp3) is 0.111. The van der Waals surface area contributed by atoms with Gasteiger partial charge in [0.1, 0.15) is 0 Å². The van der Waals surface area contributed by atoms with Crippen LogP contribution in [0.3, 0.4) is 0 Å². The molecular weight excluding hydrogens is 555 g/mol. The number of aryl methyl sites for hydroxylation is 1. The molecule has 0 aliphatic carbocycles. The van der Waals surface area contributed by atoms with Crippen LogP contribution in [-0.4, -0.2) is 4.57 Å². The van der Waals surface area contributed by atoms with E-state index in [1.165, 1.54) is 87.3 Å². The van der Waals surface area contributed by atoms with Gasteiger partial charge in [-0.3, -0.25) is 0 Å². The SMILES string of the molecule is C/C=c1/c(-c2ccc(-n3c4ccccc4c4ccccc43)cc2)c2ccccc2c(-c2ccc3cc(C)ccc3c2)/c1=C/C.CC. The molecule has 0 N–H and O–H groups in total. The van der Waals surface area contributed by atoms with Crippen molar-refractivity contribution < 1.29 is 0 Å². The maximum absolute atomic E-state index is 2.38. The largest absolute Gasteiger partial charge is 0.309 e. The van der Waals surface area contributed by atoms with Crippen LogP contribution in [0.1, 0.15) is 33.3 Å². The van der Waals surface area contributed by atoms with Crippen molar-refractivity contribution in [1.82, 2.24) is 4.57 Å². The molecule has 0 bridgehead atoms. The maximum Gasteiger partial charge on any atom is 0.0541 e. The van der Waals surface area contributed by atoms with E-state index in [-0.39, 0.29) is 0 Å².